The fourth-order valence-corrected chi connectivity index (χ4v) is 2.08. The number of hydrogen-bond acceptors (Lipinski definition) is 4. The molecule has 0 radical (unpaired) electrons. The Morgan fingerprint density at radius 3 is 3.05 bits per heavy atom. The quantitative estimate of drug-likeness (QED) is 0.662. The largest absolute Gasteiger partial charge is 0.353 e. The molecule has 1 aromatic heterocycles. The molecule has 104 valence electrons. The highest BCUT2D eigenvalue weighted by Gasteiger charge is 2.28. The first-order valence-corrected chi connectivity index (χ1v) is 6.32. The van der Waals surface area contributed by atoms with Gasteiger partial charge in [-0.3, -0.25) is 19.6 Å². The Morgan fingerprint density at radius 1 is 1.63 bits per heavy atom. The normalized spacial score (nSPS) is 20.1. The van der Waals surface area contributed by atoms with Gasteiger partial charge in [0.05, 0.1) is 24.7 Å². The maximum atomic E-state index is 11.8. The van der Waals surface area contributed by atoms with Gasteiger partial charge in [-0.15, -0.1) is 0 Å². The maximum absolute atomic E-state index is 11.8. The zero-order chi connectivity index (χ0) is 13.8. The van der Waals surface area contributed by atoms with E-state index in [-0.39, 0.29) is 24.3 Å². The number of likely N-dealkylation sites (N-methyl/N-ethyl adjacent to an activating group) is 1. The van der Waals surface area contributed by atoms with Crippen LogP contribution in [0.5, 0.6) is 0 Å². The van der Waals surface area contributed by atoms with E-state index in [2.05, 4.69) is 20.8 Å². The highest BCUT2D eigenvalue weighted by Crippen LogP contribution is 2.06. The molecule has 0 unspecified atom stereocenters. The van der Waals surface area contributed by atoms with Gasteiger partial charge in [0.1, 0.15) is 0 Å². The molecule has 1 aliphatic rings. The van der Waals surface area contributed by atoms with Crippen LogP contribution in [0, 0.1) is 6.92 Å². The molecular formula is C12H19N5O2. The van der Waals surface area contributed by atoms with Crippen molar-refractivity contribution in [2.24, 2.45) is 0 Å². The second kappa shape index (κ2) is 5.83. The van der Waals surface area contributed by atoms with Crippen LogP contribution in [0.3, 0.4) is 0 Å². The number of aryl methyl sites for hydroxylation is 1. The van der Waals surface area contributed by atoms with E-state index >= 15 is 0 Å². The van der Waals surface area contributed by atoms with E-state index < -0.39 is 0 Å². The SMILES string of the molecule is Cc1cc(CNC(=O)C[C@H]2C(=O)NCCN2C)n[nH]1. The predicted molar refractivity (Wildman–Crippen MR) is 69.2 cm³/mol. The van der Waals surface area contributed by atoms with Crippen molar-refractivity contribution in [3.63, 3.8) is 0 Å². The Bertz CT molecular complexity index is 470. The van der Waals surface area contributed by atoms with E-state index in [4.69, 9.17) is 0 Å². The van der Waals surface area contributed by atoms with Gasteiger partial charge in [0, 0.05) is 18.8 Å². The van der Waals surface area contributed by atoms with Crippen LogP contribution in [0.2, 0.25) is 0 Å². The van der Waals surface area contributed by atoms with Crippen LogP contribution < -0.4 is 10.6 Å². The van der Waals surface area contributed by atoms with Crippen molar-refractivity contribution in [1.82, 2.24) is 25.7 Å². The summed E-state index contributed by atoms with van der Waals surface area (Å²) < 4.78 is 0. The minimum Gasteiger partial charge on any atom is -0.353 e. The monoisotopic (exact) mass is 265 g/mol. The number of carbonyl (C=O) groups is 2. The summed E-state index contributed by atoms with van der Waals surface area (Å²) in [6.45, 7) is 3.68. The second-order valence-corrected chi connectivity index (χ2v) is 4.81. The van der Waals surface area contributed by atoms with E-state index in [0.29, 0.717) is 13.1 Å². The number of piperazine rings is 1. The molecule has 0 saturated carbocycles. The number of H-pyrrole nitrogens is 1. The molecular weight excluding hydrogens is 246 g/mol. The van der Waals surface area contributed by atoms with E-state index in [1.165, 1.54) is 0 Å². The first-order chi connectivity index (χ1) is 9.06. The summed E-state index contributed by atoms with van der Waals surface area (Å²) in [5, 5.41) is 12.4. The van der Waals surface area contributed by atoms with Gasteiger partial charge in [-0.1, -0.05) is 0 Å². The fourth-order valence-electron chi connectivity index (χ4n) is 2.08. The summed E-state index contributed by atoms with van der Waals surface area (Å²) in [5.41, 5.74) is 1.74. The molecule has 0 aromatic carbocycles. The third-order valence-corrected chi connectivity index (χ3v) is 3.20. The van der Waals surface area contributed by atoms with Crippen molar-refractivity contribution >= 4 is 11.8 Å². The Balaban J connectivity index is 1.82. The number of nitrogens with zero attached hydrogens (tertiary/aromatic N) is 2. The molecule has 1 aromatic rings. The molecule has 1 atom stereocenters. The molecule has 2 rings (SSSR count). The number of aromatic nitrogens is 2. The van der Waals surface area contributed by atoms with Crippen molar-refractivity contribution in [2.45, 2.75) is 25.9 Å². The summed E-state index contributed by atoms with van der Waals surface area (Å²) in [6.07, 6.45) is 0.172. The van der Waals surface area contributed by atoms with Crippen LogP contribution >= 0.6 is 0 Å². The molecule has 2 amide bonds. The minimum atomic E-state index is -0.380. The van der Waals surface area contributed by atoms with Crippen LogP contribution in [-0.4, -0.2) is 53.1 Å². The molecule has 0 spiro atoms. The summed E-state index contributed by atoms with van der Waals surface area (Å²) in [5.74, 6) is -0.228. The van der Waals surface area contributed by atoms with Gasteiger partial charge in [-0.25, -0.2) is 0 Å². The number of carbonyl (C=O) groups excluding carboxylic acids is 2. The smallest absolute Gasteiger partial charge is 0.237 e. The number of hydrogen-bond donors (Lipinski definition) is 3. The van der Waals surface area contributed by atoms with E-state index in [0.717, 1.165) is 17.9 Å². The zero-order valence-corrected chi connectivity index (χ0v) is 11.2. The number of nitrogens with one attached hydrogen (secondary N) is 3. The molecule has 7 heteroatoms. The molecule has 19 heavy (non-hydrogen) atoms. The summed E-state index contributed by atoms with van der Waals surface area (Å²) in [6, 6.07) is 1.49. The molecule has 1 fully saturated rings. The van der Waals surface area contributed by atoms with Crippen molar-refractivity contribution < 1.29 is 9.59 Å². The van der Waals surface area contributed by atoms with E-state index in [1.54, 1.807) is 0 Å². The Hall–Kier alpha value is -1.89. The first kappa shape index (κ1) is 13.5. The van der Waals surface area contributed by atoms with Gasteiger partial charge >= 0.3 is 0 Å². The first-order valence-electron chi connectivity index (χ1n) is 6.32. The molecule has 1 aliphatic heterocycles. The lowest BCUT2D eigenvalue weighted by Crippen LogP contribution is -2.54. The Morgan fingerprint density at radius 2 is 2.42 bits per heavy atom. The van der Waals surface area contributed by atoms with Crippen LogP contribution in [0.15, 0.2) is 6.07 Å². The van der Waals surface area contributed by atoms with Gasteiger partial charge in [-0.2, -0.15) is 5.10 Å². The van der Waals surface area contributed by atoms with Gasteiger partial charge in [-0.05, 0) is 20.0 Å². The Kier molecular flexibility index (Phi) is 4.16. The van der Waals surface area contributed by atoms with Gasteiger partial charge in [0.2, 0.25) is 11.8 Å². The lowest BCUT2D eigenvalue weighted by Gasteiger charge is -2.31. The molecule has 1 saturated heterocycles. The Labute approximate surface area is 111 Å². The highest BCUT2D eigenvalue weighted by atomic mass is 16.2. The average Bonchev–Trinajstić information content (AvgIpc) is 2.77. The molecule has 7 nitrogen and oxygen atoms in total. The van der Waals surface area contributed by atoms with Crippen molar-refractivity contribution in [1.29, 1.82) is 0 Å². The van der Waals surface area contributed by atoms with Gasteiger partial charge < -0.3 is 10.6 Å². The minimum absolute atomic E-state index is 0.0838. The standard InChI is InChI=1S/C12H19N5O2/c1-8-5-9(16-15-8)7-14-11(18)6-10-12(19)13-3-4-17(10)2/h5,10H,3-4,6-7H2,1-2H3,(H,13,19)(H,14,18)(H,15,16)/t10-/m0/s1. The van der Waals surface area contributed by atoms with E-state index in [9.17, 15) is 9.59 Å². The van der Waals surface area contributed by atoms with Gasteiger partial charge in [0.15, 0.2) is 0 Å². The third-order valence-electron chi connectivity index (χ3n) is 3.20. The summed E-state index contributed by atoms with van der Waals surface area (Å²) in [4.78, 5) is 25.4. The van der Waals surface area contributed by atoms with Crippen molar-refractivity contribution in [3.8, 4) is 0 Å². The lowest BCUT2D eigenvalue weighted by atomic mass is 10.1. The summed E-state index contributed by atoms with van der Waals surface area (Å²) >= 11 is 0. The lowest BCUT2D eigenvalue weighted by molar-refractivity contribution is -0.133. The van der Waals surface area contributed by atoms with Crippen LogP contribution in [0.4, 0.5) is 0 Å². The maximum Gasteiger partial charge on any atom is 0.237 e. The number of amides is 2. The van der Waals surface area contributed by atoms with Gasteiger partial charge in [0.25, 0.3) is 0 Å². The molecule has 2 heterocycles. The van der Waals surface area contributed by atoms with Crippen molar-refractivity contribution in [3.05, 3.63) is 17.5 Å². The molecule has 0 bridgehead atoms. The molecule has 3 N–H and O–H groups in total. The number of aromatic amines is 1. The highest BCUT2D eigenvalue weighted by molar-refractivity contribution is 5.88. The second-order valence-electron chi connectivity index (χ2n) is 4.81. The van der Waals surface area contributed by atoms with Crippen LogP contribution in [0.25, 0.3) is 0 Å². The molecule has 0 aliphatic carbocycles. The zero-order valence-electron chi connectivity index (χ0n) is 11.2. The average molecular weight is 265 g/mol. The predicted octanol–water partition coefficient (Wildman–Crippen LogP) is -0.845. The number of rotatable bonds is 4. The third kappa shape index (κ3) is 3.54. The van der Waals surface area contributed by atoms with Crippen LogP contribution in [-0.2, 0) is 16.1 Å². The van der Waals surface area contributed by atoms with Crippen LogP contribution in [0.1, 0.15) is 17.8 Å². The summed E-state index contributed by atoms with van der Waals surface area (Å²) in [7, 11) is 1.85. The van der Waals surface area contributed by atoms with Crippen molar-refractivity contribution in [2.75, 3.05) is 20.1 Å². The topological polar surface area (TPSA) is 90.1 Å². The fraction of sp³-hybridized carbons (Fsp3) is 0.583. The van der Waals surface area contributed by atoms with E-state index in [1.807, 2.05) is 24.9 Å².